The van der Waals surface area contributed by atoms with Crippen molar-refractivity contribution in [3.8, 4) is 0 Å². The molecule has 9 heteroatoms. The lowest BCUT2D eigenvalue weighted by atomic mass is 10.0. The number of nitrogens with one attached hydrogen (secondary N) is 1. The Kier molecular flexibility index (Phi) is 6.96. The summed E-state index contributed by atoms with van der Waals surface area (Å²) in [5.74, 6) is -2.87. The molecule has 0 fully saturated rings. The Morgan fingerprint density at radius 2 is 1.76 bits per heavy atom. The fourth-order valence-electron chi connectivity index (χ4n) is 2.03. The summed E-state index contributed by atoms with van der Waals surface area (Å²) in [4.78, 5) is 35.2. The summed E-state index contributed by atoms with van der Waals surface area (Å²) in [6.07, 6.45) is -4.60. The molecular formula is C16H19F3N2O4. The summed E-state index contributed by atoms with van der Waals surface area (Å²) in [6.45, 7) is 3.31. The molecule has 0 spiro atoms. The van der Waals surface area contributed by atoms with E-state index in [1.54, 1.807) is 6.92 Å². The Morgan fingerprint density at radius 1 is 1.20 bits per heavy atom. The number of halogens is 3. The molecule has 0 saturated carbocycles. The minimum atomic E-state index is -4.51. The van der Waals surface area contributed by atoms with Gasteiger partial charge in [-0.2, -0.15) is 13.2 Å². The number of ether oxygens (including phenoxy) is 1. The van der Waals surface area contributed by atoms with Gasteiger partial charge in [-0.3, -0.25) is 14.4 Å². The number of hydrogen-bond acceptors (Lipinski definition) is 4. The molecule has 1 aromatic rings. The molecule has 0 heterocycles. The van der Waals surface area contributed by atoms with Crippen molar-refractivity contribution >= 4 is 17.8 Å². The Morgan fingerprint density at radius 3 is 2.20 bits per heavy atom. The molecule has 0 aromatic heterocycles. The topological polar surface area (TPSA) is 98.5 Å². The fourth-order valence-corrected chi connectivity index (χ4v) is 2.03. The molecular weight excluding hydrogens is 341 g/mol. The van der Waals surface area contributed by atoms with Crippen LogP contribution in [-0.4, -0.2) is 30.4 Å². The van der Waals surface area contributed by atoms with Gasteiger partial charge in [0.05, 0.1) is 18.1 Å². The summed E-state index contributed by atoms with van der Waals surface area (Å²) >= 11 is 0. The fraction of sp³-hybridized carbons (Fsp3) is 0.438. The highest BCUT2D eigenvalue weighted by Crippen LogP contribution is 2.29. The van der Waals surface area contributed by atoms with E-state index in [0.717, 1.165) is 24.3 Å². The molecule has 0 saturated heterocycles. The molecule has 1 aromatic carbocycles. The third-order valence-corrected chi connectivity index (χ3v) is 3.40. The maximum Gasteiger partial charge on any atom is 0.416 e. The van der Waals surface area contributed by atoms with Crippen LogP contribution in [0.3, 0.4) is 0 Å². The van der Waals surface area contributed by atoms with Crippen LogP contribution in [0.2, 0.25) is 0 Å². The number of benzene rings is 1. The van der Waals surface area contributed by atoms with Gasteiger partial charge >= 0.3 is 12.1 Å². The van der Waals surface area contributed by atoms with Gasteiger partial charge in [0.2, 0.25) is 5.91 Å². The number of primary amides is 1. The van der Waals surface area contributed by atoms with E-state index in [4.69, 9.17) is 10.5 Å². The molecule has 0 radical (unpaired) electrons. The molecule has 138 valence electrons. The van der Waals surface area contributed by atoms with Crippen molar-refractivity contribution in [2.24, 2.45) is 11.7 Å². The number of carbonyl (C=O) groups is 3. The molecule has 0 aliphatic rings. The van der Waals surface area contributed by atoms with Gasteiger partial charge in [-0.25, -0.2) is 0 Å². The Bertz CT molecular complexity index is 629. The maximum absolute atomic E-state index is 12.5. The van der Waals surface area contributed by atoms with Crippen molar-refractivity contribution in [2.75, 3.05) is 6.61 Å². The van der Waals surface area contributed by atoms with Gasteiger partial charge in [-0.1, -0.05) is 6.92 Å². The van der Waals surface area contributed by atoms with Gasteiger partial charge in [0.25, 0.3) is 5.91 Å². The number of alkyl halides is 3. The minimum Gasteiger partial charge on any atom is -0.466 e. The maximum atomic E-state index is 12.5. The average Bonchev–Trinajstić information content (AvgIpc) is 2.53. The lowest BCUT2D eigenvalue weighted by Crippen LogP contribution is -2.46. The first kappa shape index (κ1) is 20.5. The first-order valence-electron chi connectivity index (χ1n) is 7.50. The Balaban J connectivity index is 2.79. The minimum absolute atomic E-state index is 0.0666. The van der Waals surface area contributed by atoms with Crippen LogP contribution in [0, 0.1) is 5.92 Å². The van der Waals surface area contributed by atoms with E-state index in [2.05, 4.69) is 5.32 Å². The van der Waals surface area contributed by atoms with Crippen LogP contribution in [0.5, 0.6) is 0 Å². The number of rotatable bonds is 7. The zero-order valence-corrected chi connectivity index (χ0v) is 13.7. The lowest BCUT2D eigenvalue weighted by Gasteiger charge is -2.19. The second-order valence-corrected chi connectivity index (χ2v) is 5.39. The summed E-state index contributed by atoms with van der Waals surface area (Å²) < 4.78 is 42.3. The average molecular weight is 360 g/mol. The van der Waals surface area contributed by atoms with Crippen molar-refractivity contribution in [2.45, 2.75) is 32.5 Å². The van der Waals surface area contributed by atoms with Crippen LogP contribution < -0.4 is 11.1 Å². The van der Waals surface area contributed by atoms with Gasteiger partial charge in [-0.05, 0) is 37.6 Å². The highest BCUT2D eigenvalue weighted by Gasteiger charge is 2.30. The van der Waals surface area contributed by atoms with Gasteiger partial charge < -0.3 is 15.8 Å². The SMILES string of the molecule is CCOC(=O)[C@@H](C)C[C@H](NC(=O)c1ccc(C(F)(F)F)cc1)C(N)=O. The number of carbonyl (C=O) groups excluding carboxylic acids is 3. The molecule has 2 amide bonds. The molecule has 3 N–H and O–H groups in total. The van der Waals surface area contributed by atoms with Crippen molar-refractivity contribution < 1.29 is 32.3 Å². The molecule has 0 unspecified atom stereocenters. The van der Waals surface area contributed by atoms with Gasteiger partial charge in [-0.15, -0.1) is 0 Å². The normalized spacial score (nSPS) is 13.6. The van der Waals surface area contributed by atoms with E-state index < -0.39 is 41.5 Å². The van der Waals surface area contributed by atoms with Crippen LogP contribution in [0.4, 0.5) is 13.2 Å². The number of nitrogens with two attached hydrogens (primary N) is 1. The van der Waals surface area contributed by atoms with Crippen LogP contribution in [0.15, 0.2) is 24.3 Å². The summed E-state index contributed by atoms with van der Waals surface area (Å²) in [7, 11) is 0. The zero-order chi connectivity index (χ0) is 19.2. The van der Waals surface area contributed by atoms with E-state index in [9.17, 15) is 27.6 Å². The molecule has 0 aliphatic heterocycles. The van der Waals surface area contributed by atoms with Crippen LogP contribution in [0.1, 0.15) is 36.2 Å². The highest BCUT2D eigenvalue weighted by molar-refractivity contribution is 5.97. The Hall–Kier alpha value is -2.58. The third kappa shape index (κ3) is 6.09. The molecule has 0 bridgehead atoms. The number of hydrogen-bond donors (Lipinski definition) is 2. The van der Waals surface area contributed by atoms with E-state index >= 15 is 0 Å². The van der Waals surface area contributed by atoms with Crippen LogP contribution >= 0.6 is 0 Å². The van der Waals surface area contributed by atoms with Gasteiger partial charge in [0, 0.05) is 5.56 Å². The first-order chi connectivity index (χ1) is 11.6. The molecule has 0 aliphatic carbocycles. The number of amides is 2. The zero-order valence-electron chi connectivity index (χ0n) is 13.7. The van der Waals surface area contributed by atoms with Crippen molar-refractivity contribution in [1.29, 1.82) is 0 Å². The van der Waals surface area contributed by atoms with E-state index in [0.29, 0.717) is 0 Å². The van der Waals surface area contributed by atoms with Crippen LogP contribution in [-0.2, 0) is 20.5 Å². The highest BCUT2D eigenvalue weighted by atomic mass is 19.4. The summed E-state index contributed by atoms with van der Waals surface area (Å²) in [5.41, 5.74) is 4.25. The predicted octanol–water partition coefficient (Wildman–Crippen LogP) is 1.88. The predicted molar refractivity (Wildman–Crippen MR) is 82.3 cm³/mol. The van der Waals surface area contributed by atoms with Gasteiger partial charge in [0.1, 0.15) is 6.04 Å². The van der Waals surface area contributed by atoms with E-state index in [-0.39, 0.29) is 18.6 Å². The van der Waals surface area contributed by atoms with Crippen molar-refractivity contribution in [1.82, 2.24) is 5.32 Å². The Labute approximate surface area is 142 Å². The molecule has 6 nitrogen and oxygen atoms in total. The first-order valence-corrected chi connectivity index (χ1v) is 7.50. The summed E-state index contributed by atoms with van der Waals surface area (Å²) in [6, 6.07) is 2.34. The second kappa shape index (κ2) is 8.50. The quantitative estimate of drug-likeness (QED) is 0.725. The second-order valence-electron chi connectivity index (χ2n) is 5.39. The van der Waals surface area contributed by atoms with E-state index in [1.165, 1.54) is 6.92 Å². The number of esters is 1. The summed E-state index contributed by atoms with van der Waals surface area (Å²) in [5, 5.41) is 2.32. The monoisotopic (exact) mass is 360 g/mol. The van der Waals surface area contributed by atoms with E-state index in [1.807, 2.05) is 0 Å². The molecule has 25 heavy (non-hydrogen) atoms. The standard InChI is InChI=1S/C16H19F3N2O4/c1-3-25-15(24)9(2)8-12(13(20)22)21-14(23)10-4-6-11(7-5-10)16(17,18)19/h4-7,9,12H,3,8H2,1-2H3,(H2,20,22)(H,21,23)/t9-,12-/m0/s1. The van der Waals surface area contributed by atoms with Crippen molar-refractivity contribution in [3.05, 3.63) is 35.4 Å². The lowest BCUT2D eigenvalue weighted by molar-refractivity contribution is -0.148. The molecule has 1 rings (SSSR count). The molecule has 2 atom stereocenters. The smallest absolute Gasteiger partial charge is 0.416 e. The van der Waals surface area contributed by atoms with Gasteiger partial charge in [0.15, 0.2) is 0 Å². The largest absolute Gasteiger partial charge is 0.466 e. The van der Waals surface area contributed by atoms with Crippen molar-refractivity contribution in [3.63, 3.8) is 0 Å². The third-order valence-electron chi connectivity index (χ3n) is 3.40. The van der Waals surface area contributed by atoms with Crippen LogP contribution in [0.25, 0.3) is 0 Å².